The standard InChI is InChI=1S/C18H14N2O2/c21-18(11-12-19-22)20-13-16-7-2-1-5-14(16)9-10-15-6-3-4-8-17(15)20/h1-8H,11-13H2. The van der Waals surface area contributed by atoms with Crippen molar-refractivity contribution in [2.75, 3.05) is 11.4 Å². The maximum Gasteiger partial charge on any atom is 0.229 e. The Balaban J connectivity index is 2.09. The Morgan fingerprint density at radius 3 is 2.55 bits per heavy atom. The van der Waals surface area contributed by atoms with Gasteiger partial charge in [0.15, 0.2) is 0 Å². The predicted octanol–water partition coefficient (Wildman–Crippen LogP) is 3.09. The molecule has 0 fully saturated rings. The van der Waals surface area contributed by atoms with Gasteiger partial charge < -0.3 is 4.90 Å². The summed E-state index contributed by atoms with van der Waals surface area (Å²) in [7, 11) is 0. The molecule has 1 aliphatic heterocycles. The van der Waals surface area contributed by atoms with Crippen molar-refractivity contribution in [3.63, 3.8) is 0 Å². The van der Waals surface area contributed by atoms with E-state index in [1.54, 1.807) is 4.90 Å². The second kappa shape index (κ2) is 6.23. The molecule has 0 N–H and O–H groups in total. The molecule has 0 saturated carbocycles. The number of rotatable bonds is 3. The van der Waals surface area contributed by atoms with Crippen LogP contribution in [0, 0.1) is 16.7 Å². The average molecular weight is 290 g/mol. The molecular formula is C18H14N2O2. The molecule has 22 heavy (non-hydrogen) atoms. The molecule has 4 nitrogen and oxygen atoms in total. The molecule has 0 aliphatic carbocycles. The highest BCUT2D eigenvalue weighted by atomic mass is 16.3. The molecule has 0 unspecified atom stereocenters. The first-order valence-electron chi connectivity index (χ1n) is 7.08. The predicted molar refractivity (Wildman–Crippen MR) is 85.3 cm³/mol. The zero-order valence-electron chi connectivity index (χ0n) is 12.0. The Morgan fingerprint density at radius 1 is 1.05 bits per heavy atom. The fraction of sp³-hybridized carbons (Fsp3) is 0.167. The summed E-state index contributed by atoms with van der Waals surface area (Å²) in [5, 5.41) is 2.79. The fourth-order valence-electron chi connectivity index (χ4n) is 2.48. The van der Waals surface area contributed by atoms with E-state index < -0.39 is 0 Å². The zero-order chi connectivity index (χ0) is 15.4. The highest BCUT2D eigenvalue weighted by Crippen LogP contribution is 2.25. The largest absolute Gasteiger partial charge is 0.307 e. The summed E-state index contributed by atoms with van der Waals surface area (Å²) in [6.07, 6.45) is 0.105. The third-order valence-corrected chi connectivity index (χ3v) is 3.59. The Morgan fingerprint density at radius 2 is 1.73 bits per heavy atom. The van der Waals surface area contributed by atoms with Gasteiger partial charge in [0.05, 0.1) is 25.2 Å². The van der Waals surface area contributed by atoms with E-state index in [1.165, 1.54) is 0 Å². The molecule has 3 rings (SSSR count). The van der Waals surface area contributed by atoms with Crippen molar-refractivity contribution in [1.29, 1.82) is 0 Å². The molecule has 108 valence electrons. The topological polar surface area (TPSA) is 49.7 Å². The molecule has 0 bridgehead atoms. The quantitative estimate of drug-likeness (QED) is 0.644. The number of amides is 1. The van der Waals surface area contributed by atoms with E-state index in [9.17, 15) is 9.70 Å². The van der Waals surface area contributed by atoms with Crippen LogP contribution in [0.4, 0.5) is 5.69 Å². The van der Waals surface area contributed by atoms with E-state index >= 15 is 0 Å². The molecule has 0 atom stereocenters. The van der Waals surface area contributed by atoms with Gasteiger partial charge in [-0.15, -0.1) is 0 Å². The molecule has 1 heterocycles. The molecule has 0 saturated heterocycles. The van der Waals surface area contributed by atoms with Crippen LogP contribution in [0.1, 0.15) is 23.1 Å². The average Bonchev–Trinajstić information content (AvgIpc) is 2.55. The molecule has 0 radical (unpaired) electrons. The minimum absolute atomic E-state index is 0.00910. The number of hydrogen-bond donors (Lipinski definition) is 0. The van der Waals surface area contributed by atoms with E-state index in [4.69, 9.17) is 0 Å². The van der Waals surface area contributed by atoms with Gasteiger partial charge in [0, 0.05) is 11.1 Å². The lowest BCUT2D eigenvalue weighted by Crippen LogP contribution is -2.32. The first kappa shape index (κ1) is 14.0. The SMILES string of the molecule is O=NCCC(=O)N1Cc2ccccc2C#Cc2ccccc21. The van der Waals surface area contributed by atoms with Crippen LogP contribution in [0.25, 0.3) is 0 Å². The third-order valence-electron chi connectivity index (χ3n) is 3.59. The number of benzene rings is 2. The Labute approximate surface area is 128 Å². The van der Waals surface area contributed by atoms with Crippen LogP contribution in [0.5, 0.6) is 0 Å². The Kier molecular flexibility index (Phi) is 3.97. The van der Waals surface area contributed by atoms with Gasteiger partial charge in [0.2, 0.25) is 5.91 Å². The normalized spacial score (nSPS) is 12.1. The summed E-state index contributed by atoms with van der Waals surface area (Å²) in [5.74, 6) is 6.18. The molecule has 2 aromatic carbocycles. The summed E-state index contributed by atoms with van der Waals surface area (Å²) in [4.78, 5) is 24.5. The van der Waals surface area contributed by atoms with Gasteiger partial charge in [-0.1, -0.05) is 47.3 Å². The van der Waals surface area contributed by atoms with E-state index in [-0.39, 0.29) is 18.9 Å². The second-order valence-electron chi connectivity index (χ2n) is 5.01. The van der Waals surface area contributed by atoms with Gasteiger partial charge in [-0.2, -0.15) is 4.91 Å². The second-order valence-corrected chi connectivity index (χ2v) is 5.01. The maximum atomic E-state index is 12.5. The summed E-state index contributed by atoms with van der Waals surface area (Å²) < 4.78 is 0. The number of para-hydroxylation sites is 1. The lowest BCUT2D eigenvalue weighted by Gasteiger charge is -2.25. The fourth-order valence-corrected chi connectivity index (χ4v) is 2.48. The van der Waals surface area contributed by atoms with Gasteiger partial charge in [-0.3, -0.25) is 4.79 Å². The van der Waals surface area contributed by atoms with Crippen molar-refractivity contribution < 1.29 is 4.79 Å². The number of fused-ring (bicyclic) bond motifs is 2. The Bertz CT molecular complexity index is 787. The van der Waals surface area contributed by atoms with Crippen LogP contribution in [-0.4, -0.2) is 12.5 Å². The van der Waals surface area contributed by atoms with Crippen LogP contribution in [0.3, 0.4) is 0 Å². The molecule has 1 amide bonds. The van der Waals surface area contributed by atoms with Crippen molar-refractivity contribution in [2.45, 2.75) is 13.0 Å². The smallest absolute Gasteiger partial charge is 0.229 e. The van der Waals surface area contributed by atoms with Crippen LogP contribution in [0.2, 0.25) is 0 Å². The van der Waals surface area contributed by atoms with Crippen LogP contribution in [-0.2, 0) is 11.3 Å². The van der Waals surface area contributed by atoms with Crippen LogP contribution in [0.15, 0.2) is 53.7 Å². The molecule has 2 aromatic rings. The van der Waals surface area contributed by atoms with Crippen molar-refractivity contribution >= 4 is 11.6 Å². The van der Waals surface area contributed by atoms with Gasteiger partial charge in [-0.05, 0) is 23.8 Å². The first-order chi connectivity index (χ1) is 10.8. The van der Waals surface area contributed by atoms with E-state index in [0.717, 1.165) is 22.4 Å². The molecular weight excluding hydrogens is 276 g/mol. The van der Waals surface area contributed by atoms with Crippen molar-refractivity contribution in [3.8, 4) is 11.8 Å². The van der Waals surface area contributed by atoms with Crippen molar-refractivity contribution in [3.05, 3.63) is 70.1 Å². The number of hydrogen-bond acceptors (Lipinski definition) is 3. The molecule has 4 heteroatoms. The minimum atomic E-state index is -0.120. The van der Waals surface area contributed by atoms with Crippen molar-refractivity contribution in [1.82, 2.24) is 0 Å². The van der Waals surface area contributed by atoms with Crippen molar-refractivity contribution in [2.24, 2.45) is 5.18 Å². The van der Waals surface area contributed by atoms with Gasteiger partial charge in [-0.25, -0.2) is 0 Å². The number of carbonyl (C=O) groups excluding carboxylic acids is 1. The first-order valence-corrected chi connectivity index (χ1v) is 7.08. The molecule has 0 aromatic heterocycles. The number of anilines is 1. The van der Waals surface area contributed by atoms with Gasteiger partial charge in [0.25, 0.3) is 0 Å². The number of nitroso groups, excluding NO2 is 1. The molecule has 0 spiro atoms. The summed E-state index contributed by atoms with van der Waals surface area (Å²) >= 11 is 0. The van der Waals surface area contributed by atoms with Crippen LogP contribution >= 0.6 is 0 Å². The van der Waals surface area contributed by atoms with Gasteiger partial charge in [0.1, 0.15) is 0 Å². The van der Waals surface area contributed by atoms with E-state index in [2.05, 4.69) is 17.0 Å². The zero-order valence-corrected chi connectivity index (χ0v) is 12.0. The number of nitrogens with zero attached hydrogens (tertiary/aromatic N) is 2. The highest BCUT2D eigenvalue weighted by molar-refractivity contribution is 5.95. The summed E-state index contributed by atoms with van der Waals surface area (Å²) in [6, 6.07) is 15.3. The Hall–Kier alpha value is -2.93. The van der Waals surface area contributed by atoms with E-state index in [0.29, 0.717) is 6.54 Å². The highest BCUT2D eigenvalue weighted by Gasteiger charge is 2.20. The number of carbonyl (C=O) groups is 1. The lowest BCUT2D eigenvalue weighted by molar-refractivity contribution is -0.118. The van der Waals surface area contributed by atoms with Crippen LogP contribution < -0.4 is 4.90 Å². The maximum absolute atomic E-state index is 12.5. The lowest BCUT2D eigenvalue weighted by atomic mass is 10.0. The van der Waals surface area contributed by atoms with Gasteiger partial charge >= 0.3 is 0 Å². The van der Waals surface area contributed by atoms with E-state index in [1.807, 2.05) is 48.5 Å². The minimum Gasteiger partial charge on any atom is -0.307 e. The molecule has 1 aliphatic rings. The summed E-state index contributed by atoms with van der Waals surface area (Å²) in [5.41, 5.74) is 3.50. The third kappa shape index (κ3) is 2.75. The monoisotopic (exact) mass is 290 g/mol. The summed E-state index contributed by atoms with van der Waals surface area (Å²) in [6.45, 7) is 0.435.